The van der Waals surface area contributed by atoms with Gasteiger partial charge in [-0.15, -0.1) is 0 Å². The number of fused-ring (bicyclic) bond motifs is 1. The first-order valence-corrected chi connectivity index (χ1v) is 8.05. The lowest BCUT2D eigenvalue weighted by molar-refractivity contribution is -0.138. The number of esters is 1. The molecule has 0 aliphatic rings. The van der Waals surface area contributed by atoms with Crippen molar-refractivity contribution in [1.29, 1.82) is 5.26 Å². The smallest absolute Gasteiger partial charge is 0.330 e. The molecular formula is C19H18N4O2. The molecule has 0 N–H and O–H groups in total. The summed E-state index contributed by atoms with van der Waals surface area (Å²) < 4.78 is 8.92. The Kier molecular flexibility index (Phi) is 5.27. The standard InChI is InChI=1S/C19H18N4O2/c20-9-3-11-22-15-16(17-5-1-2-6-18(17)22)7-8-19(24)25-14-13-23-12-4-10-21-23/h1-2,4-8,10,12,15H,3,11,13-14H2. The number of carbonyl (C=O) groups is 1. The molecule has 0 unspecified atom stereocenters. The monoisotopic (exact) mass is 334 g/mol. The lowest BCUT2D eigenvalue weighted by Gasteiger charge is -2.01. The van der Waals surface area contributed by atoms with Crippen molar-refractivity contribution in [3.05, 3.63) is 60.6 Å². The normalized spacial score (nSPS) is 11.0. The summed E-state index contributed by atoms with van der Waals surface area (Å²) in [6.07, 6.45) is 9.08. The first kappa shape index (κ1) is 16.5. The van der Waals surface area contributed by atoms with E-state index in [4.69, 9.17) is 10.00 Å². The number of para-hydroxylation sites is 1. The maximum Gasteiger partial charge on any atom is 0.330 e. The average Bonchev–Trinajstić information content (AvgIpc) is 3.26. The van der Waals surface area contributed by atoms with Gasteiger partial charge in [0.15, 0.2) is 0 Å². The highest BCUT2D eigenvalue weighted by Crippen LogP contribution is 2.22. The third-order valence-electron chi connectivity index (χ3n) is 3.81. The Labute approximate surface area is 145 Å². The zero-order valence-electron chi connectivity index (χ0n) is 13.7. The van der Waals surface area contributed by atoms with Crippen LogP contribution in [0, 0.1) is 11.3 Å². The second-order valence-corrected chi connectivity index (χ2v) is 5.47. The van der Waals surface area contributed by atoms with E-state index in [-0.39, 0.29) is 12.6 Å². The van der Waals surface area contributed by atoms with Crippen LogP contribution < -0.4 is 0 Å². The summed E-state index contributed by atoms with van der Waals surface area (Å²) in [5, 5.41) is 13.9. The summed E-state index contributed by atoms with van der Waals surface area (Å²) in [4.78, 5) is 11.9. The van der Waals surface area contributed by atoms with E-state index in [1.54, 1.807) is 17.0 Å². The Morgan fingerprint density at radius 3 is 2.96 bits per heavy atom. The van der Waals surface area contributed by atoms with Crippen molar-refractivity contribution in [3.63, 3.8) is 0 Å². The quantitative estimate of drug-likeness (QED) is 0.492. The molecule has 0 aliphatic heterocycles. The summed E-state index contributed by atoms with van der Waals surface area (Å²) in [5.74, 6) is -0.388. The number of aryl methyl sites for hydroxylation is 1. The van der Waals surface area contributed by atoms with Crippen LogP contribution in [0.1, 0.15) is 12.0 Å². The largest absolute Gasteiger partial charge is 0.461 e. The Hall–Kier alpha value is -3.33. The minimum atomic E-state index is -0.388. The van der Waals surface area contributed by atoms with Crippen molar-refractivity contribution in [2.75, 3.05) is 6.61 Å². The Balaban J connectivity index is 1.66. The van der Waals surface area contributed by atoms with E-state index < -0.39 is 0 Å². The van der Waals surface area contributed by atoms with Crippen molar-refractivity contribution in [1.82, 2.24) is 14.3 Å². The van der Waals surface area contributed by atoms with Crippen molar-refractivity contribution >= 4 is 22.9 Å². The van der Waals surface area contributed by atoms with Gasteiger partial charge in [0.05, 0.1) is 19.0 Å². The number of aromatic nitrogens is 3. The number of rotatable bonds is 7. The van der Waals surface area contributed by atoms with Crippen LogP contribution in [0.15, 0.2) is 55.0 Å². The molecule has 126 valence electrons. The van der Waals surface area contributed by atoms with Crippen LogP contribution in [-0.4, -0.2) is 26.9 Å². The third-order valence-corrected chi connectivity index (χ3v) is 3.81. The molecule has 25 heavy (non-hydrogen) atoms. The Bertz CT molecular complexity index is 917. The van der Waals surface area contributed by atoms with Gasteiger partial charge in [-0.05, 0) is 18.2 Å². The van der Waals surface area contributed by atoms with Crippen LogP contribution >= 0.6 is 0 Å². The van der Waals surface area contributed by atoms with Crippen molar-refractivity contribution < 1.29 is 9.53 Å². The summed E-state index contributed by atoms with van der Waals surface area (Å²) in [7, 11) is 0. The Morgan fingerprint density at radius 2 is 2.16 bits per heavy atom. The van der Waals surface area contributed by atoms with Gasteiger partial charge in [-0.2, -0.15) is 10.4 Å². The van der Waals surface area contributed by atoms with Crippen molar-refractivity contribution in [2.24, 2.45) is 0 Å². The number of hydrogen-bond acceptors (Lipinski definition) is 4. The molecule has 0 atom stereocenters. The van der Waals surface area contributed by atoms with Gasteiger partial charge in [-0.1, -0.05) is 18.2 Å². The van der Waals surface area contributed by atoms with E-state index in [1.807, 2.05) is 47.3 Å². The maximum absolute atomic E-state index is 11.9. The SMILES string of the molecule is N#CCCn1cc(C=CC(=O)OCCn2cccn2)c2ccccc21. The van der Waals surface area contributed by atoms with E-state index in [0.29, 0.717) is 19.5 Å². The molecule has 0 spiro atoms. The lowest BCUT2D eigenvalue weighted by Crippen LogP contribution is -2.09. The van der Waals surface area contributed by atoms with Gasteiger partial charge in [0.25, 0.3) is 0 Å². The van der Waals surface area contributed by atoms with E-state index in [1.165, 1.54) is 6.08 Å². The molecule has 3 rings (SSSR count). The van der Waals surface area contributed by atoms with E-state index in [9.17, 15) is 4.79 Å². The molecule has 0 aliphatic carbocycles. The predicted octanol–water partition coefficient (Wildman–Crippen LogP) is 3.01. The molecule has 0 saturated heterocycles. The van der Waals surface area contributed by atoms with E-state index >= 15 is 0 Å². The number of benzene rings is 1. The molecule has 0 radical (unpaired) electrons. The second-order valence-electron chi connectivity index (χ2n) is 5.47. The molecule has 2 aromatic heterocycles. The summed E-state index contributed by atoms with van der Waals surface area (Å²) in [6.45, 7) is 1.42. The highest BCUT2D eigenvalue weighted by Gasteiger charge is 2.06. The fraction of sp³-hybridized carbons (Fsp3) is 0.211. The van der Waals surface area contributed by atoms with Crippen LogP contribution in [0.4, 0.5) is 0 Å². The van der Waals surface area contributed by atoms with E-state index in [0.717, 1.165) is 16.5 Å². The molecule has 6 nitrogen and oxygen atoms in total. The van der Waals surface area contributed by atoms with Gasteiger partial charge in [0.1, 0.15) is 6.61 Å². The van der Waals surface area contributed by atoms with Crippen LogP contribution in [0.3, 0.4) is 0 Å². The van der Waals surface area contributed by atoms with Crippen LogP contribution in [0.5, 0.6) is 0 Å². The predicted molar refractivity (Wildman–Crippen MR) is 94.4 cm³/mol. The molecule has 2 heterocycles. The molecule has 0 bridgehead atoms. The van der Waals surface area contributed by atoms with E-state index in [2.05, 4.69) is 11.2 Å². The van der Waals surface area contributed by atoms with Gasteiger partial charge in [0, 0.05) is 47.7 Å². The highest BCUT2D eigenvalue weighted by atomic mass is 16.5. The van der Waals surface area contributed by atoms with Gasteiger partial charge >= 0.3 is 5.97 Å². The number of ether oxygens (including phenoxy) is 1. The van der Waals surface area contributed by atoms with Gasteiger partial charge in [-0.25, -0.2) is 4.79 Å². The first-order chi connectivity index (χ1) is 12.3. The number of carbonyl (C=O) groups excluding carboxylic acids is 1. The number of hydrogen-bond donors (Lipinski definition) is 0. The lowest BCUT2D eigenvalue weighted by atomic mass is 10.1. The average molecular weight is 334 g/mol. The molecule has 0 fully saturated rings. The molecule has 0 amide bonds. The zero-order chi connectivity index (χ0) is 17.5. The van der Waals surface area contributed by atoms with Gasteiger partial charge in [0.2, 0.25) is 0 Å². The maximum atomic E-state index is 11.9. The number of nitriles is 1. The third kappa shape index (κ3) is 4.15. The first-order valence-electron chi connectivity index (χ1n) is 8.05. The fourth-order valence-corrected chi connectivity index (χ4v) is 2.64. The summed E-state index contributed by atoms with van der Waals surface area (Å²) in [5.41, 5.74) is 1.97. The fourth-order valence-electron chi connectivity index (χ4n) is 2.64. The molecule has 1 aromatic carbocycles. The minimum absolute atomic E-state index is 0.273. The van der Waals surface area contributed by atoms with Crippen molar-refractivity contribution in [2.45, 2.75) is 19.5 Å². The van der Waals surface area contributed by atoms with Crippen molar-refractivity contribution in [3.8, 4) is 6.07 Å². The summed E-state index contributed by atoms with van der Waals surface area (Å²) >= 11 is 0. The molecule has 0 saturated carbocycles. The topological polar surface area (TPSA) is 72.8 Å². The molecule has 3 aromatic rings. The second kappa shape index (κ2) is 7.97. The molecular weight excluding hydrogens is 316 g/mol. The van der Waals surface area contributed by atoms with Gasteiger partial charge < -0.3 is 9.30 Å². The number of nitrogens with zero attached hydrogens (tertiary/aromatic N) is 4. The van der Waals surface area contributed by atoms with Crippen LogP contribution in [-0.2, 0) is 22.6 Å². The highest BCUT2D eigenvalue weighted by molar-refractivity contribution is 5.94. The Morgan fingerprint density at radius 1 is 1.28 bits per heavy atom. The minimum Gasteiger partial charge on any atom is -0.461 e. The van der Waals surface area contributed by atoms with Gasteiger partial charge in [-0.3, -0.25) is 4.68 Å². The van der Waals surface area contributed by atoms with Crippen LogP contribution in [0.2, 0.25) is 0 Å². The van der Waals surface area contributed by atoms with Crippen LogP contribution in [0.25, 0.3) is 17.0 Å². The zero-order valence-corrected chi connectivity index (χ0v) is 13.7. The summed E-state index contributed by atoms with van der Waals surface area (Å²) in [6, 6.07) is 11.9. The molecule has 6 heteroatoms.